The Morgan fingerprint density at radius 3 is 2.16 bits per heavy atom. The molecule has 0 aliphatic heterocycles. The van der Waals surface area contributed by atoms with Crippen LogP contribution in [0.25, 0.3) is 44.2 Å². The molecule has 156 valence electrons. The molecule has 2 aromatic carbocycles. The highest BCUT2D eigenvalue weighted by Crippen LogP contribution is 2.33. The summed E-state index contributed by atoms with van der Waals surface area (Å²) < 4.78 is 0. The van der Waals surface area contributed by atoms with Gasteiger partial charge in [-0.15, -0.1) is 0 Å². The molecular formula is C27H28N4. The second kappa shape index (κ2) is 8.84. The average Bonchev–Trinajstić information content (AvgIpc) is 3.28. The van der Waals surface area contributed by atoms with Gasteiger partial charge in [-0.05, 0) is 42.7 Å². The SMILES string of the molecule is CCCCCCCCc1ccc(-c2nc3c4cccnc4c4ncccc4c3[nH]2)cc1. The number of hydrogen-bond donors (Lipinski definition) is 1. The Morgan fingerprint density at radius 2 is 1.39 bits per heavy atom. The second-order valence-corrected chi connectivity index (χ2v) is 8.32. The van der Waals surface area contributed by atoms with E-state index in [1.54, 1.807) is 0 Å². The number of aromatic nitrogens is 4. The fraction of sp³-hybridized carbons (Fsp3) is 0.296. The number of fused-ring (bicyclic) bond motifs is 6. The van der Waals surface area contributed by atoms with Gasteiger partial charge in [0.2, 0.25) is 0 Å². The van der Waals surface area contributed by atoms with Crippen LogP contribution in [0, 0.1) is 0 Å². The molecule has 5 rings (SSSR count). The zero-order chi connectivity index (χ0) is 21.0. The molecule has 0 aliphatic rings. The third-order valence-electron chi connectivity index (χ3n) is 6.11. The minimum atomic E-state index is 0.891. The number of aromatic amines is 1. The number of H-pyrrole nitrogens is 1. The van der Waals surface area contributed by atoms with Crippen LogP contribution in [0.15, 0.2) is 60.9 Å². The van der Waals surface area contributed by atoms with Crippen LogP contribution in [-0.2, 0) is 6.42 Å². The average molecular weight is 409 g/mol. The van der Waals surface area contributed by atoms with Crippen molar-refractivity contribution < 1.29 is 0 Å². The number of pyridine rings is 2. The van der Waals surface area contributed by atoms with Gasteiger partial charge < -0.3 is 4.98 Å². The van der Waals surface area contributed by atoms with E-state index in [2.05, 4.69) is 58.3 Å². The summed E-state index contributed by atoms with van der Waals surface area (Å²) in [7, 11) is 0. The maximum Gasteiger partial charge on any atom is 0.138 e. The Balaban J connectivity index is 1.43. The molecule has 4 heteroatoms. The van der Waals surface area contributed by atoms with E-state index in [0.29, 0.717) is 0 Å². The largest absolute Gasteiger partial charge is 0.337 e. The van der Waals surface area contributed by atoms with Crippen molar-refractivity contribution in [1.82, 2.24) is 19.9 Å². The molecule has 4 nitrogen and oxygen atoms in total. The number of hydrogen-bond acceptors (Lipinski definition) is 3. The first kappa shape index (κ1) is 19.7. The van der Waals surface area contributed by atoms with Crippen LogP contribution in [0.2, 0.25) is 0 Å². The Labute approximate surface area is 182 Å². The lowest BCUT2D eigenvalue weighted by Crippen LogP contribution is -1.87. The van der Waals surface area contributed by atoms with E-state index in [1.807, 2.05) is 24.5 Å². The lowest BCUT2D eigenvalue weighted by atomic mass is 10.0. The zero-order valence-corrected chi connectivity index (χ0v) is 18.1. The third kappa shape index (κ3) is 3.90. The minimum Gasteiger partial charge on any atom is -0.337 e. The number of nitrogens with one attached hydrogen (secondary N) is 1. The van der Waals surface area contributed by atoms with E-state index in [1.165, 1.54) is 44.1 Å². The van der Waals surface area contributed by atoms with Crippen molar-refractivity contribution in [2.45, 2.75) is 51.9 Å². The Hall–Kier alpha value is -3.27. The van der Waals surface area contributed by atoms with E-state index >= 15 is 0 Å². The van der Waals surface area contributed by atoms with Crippen molar-refractivity contribution in [2.75, 3.05) is 0 Å². The van der Waals surface area contributed by atoms with Crippen LogP contribution in [0.5, 0.6) is 0 Å². The van der Waals surface area contributed by atoms with E-state index < -0.39 is 0 Å². The van der Waals surface area contributed by atoms with E-state index in [-0.39, 0.29) is 0 Å². The van der Waals surface area contributed by atoms with Crippen molar-refractivity contribution in [3.05, 3.63) is 66.5 Å². The molecule has 1 N–H and O–H groups in total. The van der Waals surface area contributed by atoms with Gasteiger partial charge in [0.25, 0.3) is 0 Å². The van der Waals surface area contributed by atoms with Crippen molar-refractivity contribution >= 4 is 32.8 Å². The van der Waals surface area contributed by atoms with Gasteiger partial charge in [0, 0.05) is 28.7 Å². The predicted molar refractivity (Wildman–Crippen MR) is 129 cm³/mol. The number of nitrogens with zero attached hydrogens (tertiary/aromatic N) is 3. The van der Waals surface area contributed by atoms with Gasteiger partial charge in [-0.1, -0.05) is 63.3 Å². The minimum absolute atomic E-state index is 0.891. The van der Waals surface area contributed by atoms with Crippen LogP contribution >= 0.6 is 0 Å². The van der Waals surface area contributed by atoms with Gasteiger partial charge in [0.05, 0.1) is 22.1 Å². The maximum atomic E-state index is 4.97. The van der Waals surface area contributed by atoms with Crippen molar-refractivity contribution in [1.29, 1.82) is 0 Å². The highest BCUT2D eigenvalue weighted by Gasteiger charge is 2.14. The number of unbranched alkanes of at least 4 members (excludes halogenated alkanes) is 5. The van der Waals surface area contributed by atoms with Crippen LogP contribution in [0.1, 0.15) is 51.0 Å². The number of aryl methyl sites for hydroxylation is 1. The zero-order valence-electron chi connectivity index (χ0n) is 18.1. The summed E-state index contributed by atoms with van der Waals surface area (Å²) in [5.74, 6) is 0.891. The first-order valence-corrected chi connectivity index (χ1v) is 11.5. The molecule has 31 heavy (non-hydrogen) atoms. The fourth-order valence-corrected chi connectivity index (χ4v) is 4.42. The number of imidazole rings is 1. The Bertz CT molecular complexity index is 1250. The van der Waals surface area contributed by atoms with Gasteiger partial charge in [-0.25, -0.2) is 4.98 Å². The first-order valence-electron chi connectivity index (χ1n) is 11.5. The molecule has 0 aliphatic carbocycles. The van der Waals surface area contributed by atoms with Gasteiger partial charge in [0.1, 0.15) is 5.82 Å². The van der Waals surface area contributed by atoms with E-state index in [4.69, 9.17) is 4.98 Å². The van der Waals surface area contributed by atoms with Crippen molar-refractivity contribution in [3.8, 4) is 11.4 Å². The second-order valence-electron chi connectivity index (χ2n) is 8.32. The molecule has 0 saturated heterocycles. The monoisotopic (exact) mass is 408 g/mol. The first-order chi connectivity index (χ1) is 15.3. The van der Waals surface area contributed by atoms with Crippen LogP contribution in [-0.4, -0.2) is 19.9 Å². The molecular weight excluding hydrogens is 380 g/mol. The predicted octanol–water partition coefficient (Wildman–Crippen LogP) is 7.23. The smallest absolute Gasteiger partial charge is 0.138 e. The molecule has 0 fully saturated rings. The fourth-order valence-electron chi connectivity index (χ4n) is 4.42. The van der Waals surface area contributed by atoms with E-state index in [9.17, 15) is 0 Å². The molecule has 3 aromatic heterocycles. The van der Waals surface area contributed by atoms with Crippen molar-refractivity contribution in [3.63, 3.8) is 0 Å². The summed E-state index contributed by atoms with van der Waals surface area (Å²) >= 11 is 0. The lowest BCUT2D eigenvalue weighted by Gasteiger charge is -2.03. The summed E-state index contributed by atoms with van der Waals surface area (Å²) in [6, 6.07) is 16.9. The lowest BCUT2D eigenvalue weighted by molar-refractivity contribution is 0.607. The third-order valence-corrected chi connectivity index (χ3v) is 6.11. The highest BCUT2D eigenvalue weighted by molar-refractivity contribution is 6.20. The number of benzene rings is 2. The molecule has 0 amide bonds. The molecule has 0 spiro atoms. The molecule has 0 bridgehead atoms. The number of rotatable bonds is 8. The quantitative estimate of drug-likeness (QED) is 0.218. The summed E-state index contributed by atoms with van der Waals surface area (Å²) in [4.78, 5) is 17.7. The topological polar surface area (TPSA) is 54.5 Å². The van der Waals surface area contributed by atoms with Gasteiger partial charge in [-0.2, -0.15) is 0 Å². The molecule has 0 saturated carbocycles. The molecule has 0 unspecified atom stereocenters. The van der Waals surface area contributed by atoms with Crippen LogP contribution in [0.3, 0.4) is 0 Å². The Morgan fingerprint density at radius 1 is 0.710 bits per heavy atom. The van der Waals surface area contributed by atoms with Crippen LogP contribution in [0.4, 0.5) is 0 Å². The highest BCUT2D eigenvalue weighted by atomic mass is 14.9. The van der Waals surface area contributed by atoms with Gasteiger partial charge >= 0.3 is 0 Å². The summed E-state index contributed by atoms with van der Waals surface area (Å²) in [5, 5.41) is 2.09. The molecule has 0 atom stereocenters. The Kier molecular flexibility index (Phi) is 5.61. The normalized spacial score (nSPS) is 11.6. The molecule has 0 radical (unpaired) electrons. The van der Waals surface area contributed by atoms with Crippen LogP contribution < -0.4 is 0 Å². The summed E-state index contributed by atoms with van der Waals surface area (Å²) in [5.41, 5.74) is 6.30. The molecule has 5 aromatic rings. The summed E-state index contributed by atoms with van der Waals surface area (Å²) in [6.45, 7) is 2.27. The van der Waals surface area contributed by atoms with Crippen molar-refractivity contribution in [2.24, 2.45) is 0 Å². The summed E-state index contributed by atoms with van der Waals surface area (Å²) in [6.07, 6.45) is 12.8. The van der Waals surface area contributed by atoms with Gasteiger partial charge in [-0.3, -0.25) is 9.97 Å². The van der Waals surface area contributed by atoms with E-state index in [0.717, 1.165) is 50.6 Å². The standard InChI is InChI=1S/C27H28N4/c1-2-3-4-5-6-7-10-19-13-15-20(16-14-19)27-30-25-21-11-8-17-28-23(21)24-22(26(25)31-27)12-9-18-29-24/h8-9,11-18H,2-7,10H2,1H3,(H,30,31). The maximum absolute atomic E-state index is 4.97. The van der Waals surface area contributed by atoms with Gasteiger partial charge in [0.15, 0.2) is 0 Å². The molecule has 3 heterocycles.